The van der Waals surface area contributed by atoms with Crippen molar-refractivity contribution >= 4 is 39.8 Å². The third-order valence-corrected chi connectivity index (χ3v) is 8.71. The topological polar surface area (TPSA) is 75.5 Å². The van der Waals surface area contributed by atoms with Gasteiger partial charge in [-0.25, -0.2) is 4.98 Å². The number of anilines is 2. The molecule has 2 saturated heterocycles. The van der Waals surface area contributed by atoms with Crippen molar-refractivity contribution < 1.29 is 9.53 Å². The lowest BCUT2D eigenvalue weighted by Crippen LogP contribution is -2.56. The number of pyridine rings is 1. The second-order valence-electron chi connectivity index (χ2n) is 10.8. The van der Waals surface area contributed by atoms with Crippen LogP contribution in [0.1, 0.15) is 31.7 Å². The van der Waals surface area contributed by atoms with Crippen molar-refractivity contribution in [2.24, 2.45) is 18.9 Å². The molecule has 0 spiro atoms. The number of piperazine rings is 1. The van der Waals surface area contributed by atoms with Crippen molar-refractivity contribution in [3.63, 3.8) is 0 Å². The van der Waals surface area contributed by atoms with E-state index in [9.17, 15) is 4.79 Å². The van der Waals surface area contributed by atoms with Gasteiger partial charge in [-0.2, -0.15) is 5.10 Å². The van der Waals surface area contributed by atoms with Crippen LogP contribution >= 0.6 is 11.6 Å². The Labute approximate surface area is 216 Å². The fourth-order valence-corrected chi connectivity index (χ4v) is 6.35. The van der Waals surface area contributed by atoms with E-state index >= 15 is 0 Å². The number of nitrogens with zero attached hydrogens (tertiary/aromatic N) is 5. The Morgan fingerprint density at radius 2 is 1.97 bits per heavy atom. The summed E-state index contributed by atoms with van der Waals surface area (Å²) in [6.07, 6.45) is 6.73. The number of fused-ring (bicyclic) bond motifs is 1. The maximum atomic E-state index is 13.0. The highest BCUT2D eigenvalue weighted by atomic mass is 35.5. The summed E-state index contributed by atoms with van der Waals surface area (Å²) in [4.78, 5) is 22.4. The van der Waals surface area contributed by atoms with Crippen molar-refractivity contribution in [2.45, 2.75) is 31.7 Å². The molecule has 1 aromatic carbocycles. The van der Waals surface area contributed by atoms with Crippen molar-refractivity contribution in [1.29, 1.82) is 0 Å². The Hall–Kier alpha value is -2.68. The van der Waals surface area contributed by atoms with Crippen LogP contribution in [0.25, 0.3) is 10.8 Å². The average molecular weight is 509 g/mol. The first-order valence-corrected chi connectivity index (χ1v) is 13.2. The van der Waals surface area contributed by atoms with Gasteiger partial charge in [0.2, 0.25) is 5.91 Å². The molecule has 2 aliphatic heterocycles. The molecule has 1 saturated carbocycles. The molecule has 0 radical (unpaired) electrons. The molecule has 36 heavy (non-hydrogen) atoms. The number of ether oxygens (including phenoxy) is 1. The Balaban J connectivity index is 1.16. The summed E-state index contributed by atoms with van der Waals surface area (Å²) in [6, 6.07) is 6.06. The number of hydrogen-bond donors (Lipinski definition) is 1. The minimum absolute atomic E-state index is 0.0119. The van der Waals surface area contributed by atoms with Crippen molar-refractivity contribution in [3.8, 4) is 0 Å². The van der Waals surface area contributed by atoms with E-state index < -0.39 is 0 Å². The van der Waals surface area contributed by atoms with Crippen molar-refractivity contribution in [1.82, 2.24) is 19.7 Å². The quantitative estimate of drug-likeness (QED) is 0.563. The van der Waals surface area contributed by atoms with Crippen LogP contribution in [-0.2, 0) is 16.6 Å². The van der Waals surface area contributed by atoms with Gasteiger partial charge in [-0.1, -0.05) is 18.5 Å². The van der Waals surface area contributed by atoms with E-state index in [-0.39, 0.29) is 29.2 Å². The third kappa shape index (κ3) is 4.25. The van der Waals surface area contributed by atoms with Gasteiger partial charge >= 0.3 is 0 Å². The number of carbonyl (C=O) groups excluding carboxylic acids is 1. The number of rotatable bonds is 5. The molecule has 3 aromatic rings. The molecule has 8 nitrogen and oxygen atoms in total. The number of amides is 1. The minimum atomic E-state index is -0.0594. The van der Waals surface area contributed by atoms with Gasteiger partial charge in [0.25, 0.3) is 0 Å². The molecule has 1 aliphatic carbocycles. The van der Waals surface area contributed by atoms with Gasteiger partial charge in [0.05, 0.1) is 23.5 Å². The van der Waals surface area contributed by atoms with Gasteiger partial charge in [0.1, 0.15) is 5.82 Å². The van der Waals surface area contributed by atoms with Crippen LogP contribution in [0.4, 0.5) is 11.5 Å². The first-order valence-electron chi connectivity index (χ1n) is 12.8. The molecular weight excluding hydrogens is 476 g/mol. The van der Waals surface area contributed by atoms with Crippen LogP contribution in [0.15, 0.2) is 36.8 Å². The number of aryl methyl sites for hydroxylation is 1. The summed E-state index contributed by atoms with van der Waals surface area (Å²) in [5.74, 6) is 1.02. The standard InChI is InChI=1S/C27H33ClN6O2/c1-17-24(20-14-30-32(3)15-20)25(17)26(35)31-23-12-18-11-22(21(28)10-19(18)13-29-23)33-5-7-34(8-6-33)27(2)4-9-36-16-27/h10-15,17,24-25H,4-9,16H2,1-3H3,(H,29,31,35)/t17-,24+,25-,27-/m0/s1. The SMILES string of the molecule is C[C@@H]1[C@H](C(=O)Nc2cc3cc(N4CCN([C@@]5(C)CCOC5)CC4)c(Cl)cc3cn2)[C@H]1c1cnn(C)c1. The number of benzene rings is 1. The van der Waals surface area contributed by atoms with E-state index in [0.717, 1.165) is 72.9 Å². The van der Waals surface area contributed by atoms with Crippen molar-refractivity contribution in [3.05, 3.63) is 47.4 Å². The lowest BCUT2D eigenvalue weighted by Gasteiger charge is -2.44. The number of nitrogens with one attached hydrogen (secondary N) is 1. The van der Waals surface area contributed by atoms with Gasteiger partial charge in [-0.15, -0.1) is 0 Å². The smallest absolute Gasteiger partial charge is 0.229 e. The molecule has 0 unspecified atom stereocenters. The van der Waals surface area contributed by atoms with Gasteiger partial charge in [-0.3, -0.25) is 14.4 Å². The highest BCUT2D eigenvalue weighted by Gasteiger charge is 2.53. The molecule has 9 heteroatoms. The van der Waals surface area contributed by atoms with Crippen molar-refractivity contribution in [2.75, 3.05) is 49.6 Å². The summed E-state index contributed by atoms with van der Waals surface area (Å²) in [5.41, 5.74) is 2.30. The summed E-state index contributed by atoms with van der Waals surface area (Å²) in [6.45, 7) is 9.91. The average Bonchev–Trinajstić information content (AvgIpc) is 3.15. The van der Waals surface area contributed by atoms with Crippen LogP contribution in [-0.4, -0.2) is 70.5 Å². The maximum absolute atomic E-state index is 13.0. The second kappa shape index (κ2) is 9.01. The zero-order valence-electron chi connectivity index (χ0n) is 21.1. The van der Waals surface area contributed by atoms with E-state index in [1.54, 1.807) is 10.9 Å². The molecular formula is C27H33ClN6O2. The first kappa shape index (κ1) is 23.7. The lowest BCUT2D eigenvalue weighted by atomic mass is 9.98. The Kier molecular flexibility index (Phi) is 5.93. The van der Waals surface area contributed by atoms with Crippen LogP contribution < -0.4 is 10.2 Å². The first-order chi connectivity index (χ1) is 17.3. The van der Waals surface area contributed by atoms with Gasteiger partial charge < -0.3 is 15.0 Å². The largest absolute Gasteiger partial charge is 0.379 e. The Bertz CT molecular complexity index is 1290. The molecule has 4 heterocycles. The van der Waals surface area contributed by atoms with E-state index in [1.165, 1.54) is 0 Å². The summed E-state index contributed by atoms with van der Waals surface area (Å²) < 4.78 is 7.45. The van der Waals surface area contributed by atoms with Crippen LogP contribution in [0.3, 0.4) is 0 Å². The molecule has 4 atom stereocenters. The number of carbonyl (C=O) groups is 1. The van der Waals surface area contributed by atoms with E-state index in [4.69, 9.17) is 16.3 Å². The minimum Gasteiger partial charge on any atom is -0.379 e. The highest BCUT2D eigenvalue weighted by Crippen LogP contribution is 2.54. The second-order valence-corrected chi connectivity index (χ2v) is 11.2. The Morgan fingerprint density at radius 1 is 1.17 bits per heavy atom. The van der Waals surface area contributed by atoms with E-state index in [2.05, 4.69) is 45.1 Å². The molecule has 2 aromatic heterocycles. The van der Waals surface area contributed by atoms with Gasteiger partial charge in [0, 0.05) is 75.0 Å². The fourth-order valence-electron chi connectivity index (χ4n) is 6.05. The monoisotopic (exact) mass is 508 g/mol. The molecule has 190 valence electrons. The summed E-state index contributed by atoms with van der Waals surface area (Å²) in [7, 11) is 1.90. The highest BCUT2D eigenvalue weighted by molar-refractivity contribution is 6.34. The molecule has 1 amide bonds. The zero-order valence-corrected chi connectivity index (χ0v) is 21.8. The third-order valence-electron chi connectivity index (χ3n) is 8.41. The van der Waals surface area contributed by atoms with Crippen LogP contribution in [0.2, 0.25) is 5.02 Å². The molecule has 3 aliphatic rings. The zero-order chi connectivity index (χ0) is 25.0. The molecule has 1 N–H and O–H groups in total. The Morgan fingerprint density at radius 3 is 2.67 bits per heavy atom. The number of hydrogen-bond acceptors (Lipinski definition) is 6. The predicted octanol–water partition coefficient (Wildman–Crippen LogP) is 3.91. The van der Waals surface area contributed by atoms with E-state index in [0.29, 0.717) is 5.82 Å². The van der Waals surface area contributed by atoms with Crippen LogP contribution in [0, 0.1) is 11.8 Å². The van der Waals surface area contributed by atoms with Gasteiger partial charge in [-0.05, 0) is 48.4 Å². The fraction of sp³-hybridized carbons (Fsp3) is 0.519. The van der Waals surface area contributed by atoms with Crippen LogP contribution in [0.5, 0.6) is 0 Å². The summed E-state index contributed by atoms with van der Waals surface area (Å²) in [5, 5.41) is 10.0. The van der Waals surface area contributed by atoms with E-state index in [1.807, 2.05) is 31.6 Å². The van der Waals surface area contributed by atoms with Gasteiger partial charge in [0.15, 0.2) is 0 Å². The maximum Gasteiger partial charge on any atom is 0.229 e. The number of halogens is 1. The normalized spacial score (nSPS) is 28.6. The molecule has 0 bridgehead atoms. The summed E-state index contributed by atoms with van der Waals surface area (Å²) >= 11 is 6.71. The predicted molar refractivity (Wildman–Crippen MR) is 142 cm³/mol. The lowest BCUT2D eigenvalue weighted by molar-refractivity contribution is -0.117. The molecule has 3 fully saturated rings. The molecule has 6 rings (SSSR count). The number of aromatic nitrogens is 3.